The summed E-state index contributed by atoms with van der Waals surface area (Å²) in [6, 6.07) is -0.744. The van der Waals surface area contributed by atoms with E-state index >= 15 is 0 Å². The SMILES string of the molecule is C[C@H]1OCCN[C@@H]1C(=O)NC1CCCN(C)C1=O. The largest absolute Gasteiger partial charge is 0.375 e. The zero-order valence-corrected chi connectivity index (χ0v) is 10.9. The lowest BCUT2D eigenvalue weighted by molar-refractivity contribution is -0.139. The Balaban J connectivity index is 1.92. The molecule has 2 fully saturated rings. The minimum atomic E-state index is -0.382. The average Bonchev–Trinajstić information content (AvgIpc) is 2.35. The lowest BCUT2D eigenvalue weighted by atomic mass is 10.0. The Hall–Kier alpha value is -1.14. The van der Waals surface area contributed by atoms with Crippen LogP contribution in [0.25, 0.3) is 0 Å². The summed E-state index contributed by atoms with van der Waals surface area (Å²) in [5, 5.41) is 5.95. The number of ether oxygens (including phenoxy) is 1. The van der Waals surface area contributed by atoms with Gasteiger partial charge in [-0.3, -0.25) is 9.59 Å². The molecule has 2 N–H and O–H groups in total. The highest BCUT2D eigenvalue weighted by atomic mass is 16.5. The molecule has 2 aliphatic heterocycles. The molecule has 0 aliphatic carbocycles. The molecule has 1 unspecified atom stereocenters. The van der Waals surface area contributed by atoms with E-state index in [0.717, 1.165) is 19.4 Å². The first kappa shape index (κ1) is 13.3. The molecular formula is C12H21N3O3. The van der Waals surface area contributed by atoms with Crippen molar-refractivity contribution >= 4 is 11.8 Å². The lowest BCUT2D eigenvalue weighted by Gasteiger charge is -2.33. The Bertz CT molecular complexity index is 335. The highest BCUT2D eigenvalue weighted by molar-refractivity contribution is 5.90. The van der Waals surface area contributed by atoms with E-state index in [0.29, 0.717) is 13.2 Å². The third kappa shape index (κ3) is 2.81. The van der Waals surface area contributed by atoms with E-state index in [9.17, 15) is 9.59 Å². The number of amides is 2. The number of carbonyl (C=O) groups is 2. The molecule has 0 saturated carbocycles. The Morgan fingerprint density at radius 3 is 3.06 bits per heavy atom. The van der Waals surface area contributed by atoms with E-state index in [4.69, 9.17) is 4.74 Å². The van der Waals surface area contributed by atoms with E-state index in [1.165, 1.54) is 0 Å². The number of nitrogens with zero attached hydrogens (tertiary/aromatic N) is 1. The number of likely N-dealkylation sites (tertiary alicyclic amines) is 1. The van der Waals surface area contributed by atoms with Crippen LogP contribution in [0.15, 0.2) is 0 Å². The van der Waals surface area contributed by atoms with Gasteiger partial charge in [-0.1, -0.05) is 0 Å². The van der Waals surface area contributed by atoms with Crippen LogP contribution in [-0.4, -0.2) is 61.6 Å². The summed E-state index contributed by atoms with van der Waals surface area (Å²) in [7, 11) is 1.77. The molecule has 2 aliphatic rings. The van der Waals surface area contributed by atoms with Crippen molar-refractivity contribution in [1.29, 1.82) is 0 Å². The average molecular weight is 255 g/mol. The zero-order valence-electron chi connectivity index (χ0n) is 10.9. The van der Waals surface area contributed by atoms with Gasteiger partial charge in [0.25, 0.3) is 0 Å². The molecule has 2 amide bonds. The van der Waals surface area contributed by atoms with Gasteiger partial charge in [0.2, 0.25) is 11.8 Å². The maximum absolute atomic E-state index is 12.1. The molecule has 3 atom stereocenters. The van der Waals surface area contributed by atoms with E-state index < -0.39 is 0 Å². The van der Waals surface area contributed by atoms with Crippen molar-refractivity contribution < 1.29 is 14.3 Å². The fourth-order valence-corrected chi connectivity index (χ4v) is 2.45. The fraction of sp³-hybridized carbons (Fsp3) is 0.833. The summed E-state index contributed by atoms with van der Waals surface area (Å²) >= 11 is 0. The highest BCUT2D eigenvalue weighted by Crippen LogP contribution is 2.11. The maximum atomic E-state index is 12.1. The van der Waals surface area contributed by atoms with Crippen LogP contribution >= 0.6 is 0 Å². The van der Waals surface area contributed by atoms with Gasteiger partial charge < -0.3 is 20.3 Å². The number of morpholine rings is 1. The number of likely N-dealkylation sites (N-methyl/N-ethyl adjacent to an activating group) is 1. The van der Waals surface area contributed by atoms with E-state index in [2.05, 4.69) is 10.6 Å². The molecular weight excluding hydrogens is 234 g/mol. The van der Waals surface area contributed by atoms with Gasteiger partial charge in [-0.15, -0.1) is 0 Å². The van der Waals surface area contributed by atoms with Crippen LogP contribution in [0.4, 0.5) is 0 Å². The van der Waals surface area contributed by atoms with Gasteiger partial charge in [-0.05, 0) is 19.8 Å². The second-order valence-corrected chi connectivity index (χ2v) is 4.97. The number of hydrogen-bond donors (Lipinski definition) is 2. The summed E-state index contributed by atoms with van der Waals surface area (Å²) in [5.74, 6) is -0.144. The zero-order chi connectivity index (χ0) is 13.1. The van der Waals surface area contributed by atoms with Crippen LogP contribution in [0, 0.1) is 0 Å². The third-order valence-corrected chi connectivity index (χ3v) is 3.58. The van der Waals surface area contributed by atoms with Crippen LogP contribution in [0.5, 0.6) is 0 Å². The Morgan fingerprint density at radius 1 is 1.56 bits per heavy atom. The van der Waals surface area contributed by atoms with Crippen molar-refractivity contribution in [3.05, 3.63) is 0 Å². The van der Waals surface area contributed by atoms with Crippen molar-refractivity contribution in [2.75, 3.05) is 26.7 Å². The molecule has 0 aromatic carbocycles. The number of rotatable bonds is 2. The summed E-state index contributed by atoms with van der Waals surface area (Å²) in [6.45, 7) is 3.93. The van der Waals surface area contributed by atoms with Gasteiger partial charge in [-0.2, -0.15) is 0 Å². The second kappa shape index (κ2) is 5.67. The Kier molecular flexibility index (Phi) is 4.19. The first-order chi connectivity index (χ1) is 8.59. The van der Waals surface area contributed by atoms with Gasteiger partial charge in [-0.25, -0.2) is 0 Å². The minimum Gasteiger partial charge on any atom is -0.375 e. The third-order valence-electron chi connectivity index (χ3n) is 3.58. The predicted octanol–water partition coefficient (Wildman–Crippen LogP) is -0.900. The molecule has 2 heterocycles. The van der Waals surface area contributed by atoms with Crippen LogP contribution in [0.3, 0.4) is 0 Å². The van der Waals surface area contributed by atoms with Gasteiger partial charge >= 0.3 is 0 Å². The number of nitrogens with one attached hydrogen (secondary N) is 2. The van der Waals surface area contributed by atoms with E-state index in [1.807, 2.05) is 6.92 Å². The van der Waals surface area contributed by atoms with Crippen molar-refractivity contribution in [3.63, 3.8) is 0 Å². The molecule has 6 heteroatoms. The van der Waals surface area contributed by atoms with Crippen LogP contribution in [0.2, 0.25) is 0 Å². The van der Waals surface area contributed by atoms with Crippen molar-refractivity contribution in [1.82, 2.24) is 15.5 Å². The van der Waals surface area contributed by atoms with Crippen LogP contribution in [0.1, 0.15) is 19.8 Å². The second-order valence-electron chi connectivity index (χ2n) is 4.97. The number of piperidine rings is 1. The molecule has 2 saturated heterocycles. The monoisotopic (exact) mass is 255 g/mol. The van der Waals surface area contributed by atoms with Gasteiger partial charge in [0.15, 0.2) is 0 Å². The summed E-state index contributed by atoms with van der Waals surface area (Å²) < 4.78 is 5.43. The summed E-state index contributed by atoms with van der Waals surface area (Å²) in [6.07, 6.45) is 1.49. The topological polar surface area (TPSA) is 70.7 Å². The lowest BCUT2D eigenvalue weighted by Crippen LogP contribution is -2.59. The van der Waals surface area contributed by atoms with Crippen molar-refractivity contribution in [2.45, 2.75) is 38.0 Å². The van der Waals surface area contributed by atoms with Gasteiger partial charge in [0.05, 0.1) is 12.7 Å². The maximum Gasteiger partial charge on any atom is 0.244 e. The fourth-order valence-electron chi connectivity index (χ4n) is 2.45. The molecule has 2 rings (SSSR count). The number of carbonyl (C=O) groups excluding carboxylic acids is 2. The Morgan fingerprint density at radius 2 is 2.33 bits per heavy atom. The van der Waals surface area contributed by atoms with Gasteiger partial charge in [0.1, 0.15) is 12.1 Å². The molecule has 0 bridgehead atoms. The highest BCUT2D eigenvalue weighted by Gasteiger charge is 2.33. The quantitative estimate of drug-likeness (QED) is 0.671. The van der Waals surface area contributed by atoms with E-state index in [1.54, 1.807) is 11.9 Å². The molecule has 6 nitrogen and oxygen atoms in total. The predicted molar refractivity (Wildman–Crippen MR) is 66.0 cm³/mol. The smallest absolute Gasteiger partial charge is 0.244 e. The van der Waals surface area contributed by atoms with Crippen LogP contribution < -0.4 is 10.6 Å². The molecule has 0 aromatic rings. The van der Waals surface area contributed by atoms with Crippen LogP contribution in [-0.2, 0) is 14.3 Å². The van der Waals surface area contributed by atoms with Crippen molar-refractivity contribution in [3.8, 4) is 0 Å². The molecule has 0 radical (unpaired) electrons. The summed E-state index contributed by atoms with van der Waals surface area (Å²) in [4.78, 5) is 25.7. The number of hydrogen-bond acceptors (Lipinski definition) is 4. The first-order valence-electron chi connectivity index (χ1n) is 6.50. The molecule has 18 heavy (non-hydrogen) atoms. The summed E-state index contributed by atoms with van der Waals surface area (Å²) in [5.41, 5.74) is 0. The van der Waals surface area contributed by atoms with Gasteiger partial charge in [0, 0.05) is 20.1 Å². The molecule has 0 aromatic heterocycles. The molecule has 102 valence electrons. The molecule has 0 spiro atoms. The standard InChI is InChI=1S/C12H21N3O3/c1-8-10(13-5-7-18-8)11(16)14-9-4-3-6-15(2)12(9)17/h8-10,13H,3-7H2,1-2H3,(H,14,16)/t8-,9?,10+/m1/s1. The Labute approximate surface area is 107 Å². The minimum absolute atomic E-state index is 0.000944. The normalized spacial score (nSPS) is 33.3. The first-order valence-corrected chi connectivity index (χ1v) is 6.50. The van der Waals surface area contributed by atoms with Crippen molar-refractivity contribution in [2.24, 2.45) is 0 Å². The van der Waals surface area contributed by atoms with E-state index in [-0.39, 0.29) is 30.0 Å².